The maximum atomic E-state index is 5.22. The lowest BCUT2D eigenvalue weighted by molar-refractivity contribution is -0.0763. The average molecular weight is 169 g/mol. The molecule has 2 aliphatic rings. The largest absolute Gasteiger partial charge is 0.378 e. The van der Waals surface area contributed by atoms with Gasteiger partial charge >= 0.3 is 0 Å². The Hall–Kier alpha value is -0.0800. The minimum atomic E-state index is 0.763. The Morgan fingerprint density at radius 1 is 1.42 bits per heavy atom. The molecule has 0 amide bonds. The van der Waals surface area contributed by atoms with Crippen LogP contribution in [0.4, 0.5) is 0 Å². The van der Waals surface area contributed by atoms with Gasteiger partial charge in [0.25, 0.3) is 0 Å². The zero-order valence-corrected chi connectivity index (χ0v) is 7.96. The molecule has 0 bridgehead atoms. The highest BCUT2D eigenvalue weighted by molar-refractivity contribution is 4.82. The van der Waals surface area contributed by atoms with Gasteiger partial charge < -0.3 is 4.74 Å². The van der Waals surface area contributed by atoms with Gasteiger partial charge in [-0.2, -0.15) is 0 Å². The molecule has 2 aliphatic heterocycles. The molecule has 0 spiro atoms. The molecule has 12 heavy (non-hydrogen) atoms. The van der Waals surface area contributed by atoms with Gasteiger partial charge in [-0.1, -0.05) is 13.3 Å². The highest BCUT2D eigenvalue weighted by Gasteiger charge is 2.29. The zero-order chi connectivity index (χ0) is 8.39. The topological polar surface area (TPSA) is 12.5 Å². The standard InChI is InChI=1S/C10H19NO/c1-2-9-4-3-5-11(6-9)10-7-12-8-10/h9-10H,2-8H2,1H3/t9-/m0/s1. The van der Waals surface area contributed by atoms with Gasteiger partial charge in [0.2, 0.25) is 0 Å². The fourth-order valence-electron chi connectivity index (χ4n) is 2.20. The van der Waals surface area contributed by atoms with Crippen molar-refractivity contribution in [2.75, 3.05) is 26.3 Å². The number of hydrogen-bond donors (Lipinski definition) is 0. The molecular formula is C10H19NO. The molecule has 2 nitrogen and oxygen atoms in total. The summed E-state index contributed by atoms with van der Waals surface area (Å²) in [5.41, 5.74) is 0. The van der Waals surface area contributed by atoms with Gasteiger partial charge in [-0.15, -0.1) is 0 Å². The van der Waals surface area contributed by atoms with Gasteiger partial charge in [0, 0.05) is 6.54 Å². The van der Waals surface area contributed by atoms with Gasteiger partial charge in [-0.25, -0.2) is 0 Å². The molecule has 2 rings (SSSR count). The van der Waals surface area contributed by atoms with Crippen LogP contribution in [0.15, 0.2) is 0 Å². The predicted octanol–water partition coefficient (Wildman–Crippen LogP) is 1.51. The Labute approximate surface area is 74.9 Å². The third kappa shape index (κ3) is 1.64. The summed E-state index contributed by atoms with van der Waals surface area (Å²) in [4.78, 5) is 2.63. The fourth-order valence-corrected chi connectivity index (χ4v) is 2.20. The Morgan fingerprint density at radius 2 is 2.25 bits per heavy atom. The number of rotatable bonds is 2. The second-order valence-electron chi connectivity index (χ2n) is 4.10. The number of nitrogens with zero attached hydrogens (tertiary/aromatic N) is 1. The third-order valence-corrected chi connectivity index (χ3v) is 3.26. The summed E-state index contributed by atoms with van der Waals surface area (Å²) in [5.74, 6) is 0.958. The van der Waals surface area contributed by atoms with E-state index in [1.807, 2.05) is 0 Å². The van der Waals surface area contributed by atoms with Gasteiger partial charge in [-0.05, 0) is 25.3 Å². The van der Waals surface area contributed by atoms with E-state index in [0.29, 0.717) is 0 Å². The van der Waals surface area contributed by atoms with Crippen LogP contribution < -0.4 is 0 Å². The summed E-state index contributed by atoms with van der Waals surface area (Å²) in [6.07, 6.45) is 4.19. The Kier molecular flexibility index (Phi) is 2.66. The number of piperidine rings is 1. The molecule has 0 aromatic heterocycles. The molecule has 0 aromatic carbocycles. The molecule has 0 aromatic rings. The molecule has 0 saturated carbocycles. The molecule has 2 saturated heterocycles. The van der Waals surface area contributed by atoms with Gasteiger partial charge in [-0.3, -0.25) is 4.90 Å². The van der Waals surface area contributed by atoms with Gasteiger partial charge in [0.1, 0.15) is 0 Å². The molecule has 0 radical (unpaired) electrons. The van der Waals surface area contributed by atoms with Crippen molar-refractivity contribution in [3.05, 3.63) is 0 Å². The van der Waals surface area contributed by atoms with Crippen molar-refractivity contribution in [1.82, 2.24) is 4.90 Å². The monoisotopic (exact) mass is 169 g/mol. The van der Waals surface area contributed by atoms with E-state index in [0.717, 1.165) is 25.2 Å². The van der Waals surface area contributed by atoms with Crippen molar-refractivity contribution in [2.45, 2.75) is 32.2 Å². The van der Waals surface area contributed by atoms with Gasteiger partial charge in [0.15, 0.2) is 0 Å². The second-order valence-corrected chi connectivity index (χ2v) is 4.10. The van der Waals surface area contributed by atoms with Crippen LogP contribution in [-0.2, 0) is 4.74 Å². The molecule has 0 unspecified atom stereocenters. The molecular weight excluding hydrogens is 150 g/mol. The van der Waals surface area contributed by atoms with Crippen LogP contribution in [0.3, 0.4) is 0 Å². The quantitative estimate of drug-likeness (QED) is 0.621. The number of likely N-dealkylation sites (tertiary alicyclic amines) is 1. The molecule has 0 N–H and O–H groups in total. The SMILES string of the molecule is CC[C@H]1CCCN(C2COC2)C1. The Bertz CT molecular complexity index is 145. The molecule has 2 fully saturated rings. The van der Waals surface area contributed by atoms with E-state index in [2.05, 4.69) is 11.8 Å². The van der Waals surface area contributed by atoms with E-state index in [-0.39, 0.29) is 0 Å². The van der Waals surface area contributed by atoms with Crippen LogP contribution in [0.2, 0.25) is 0 Å². The summed E-state index contributed by atoms with van der Waals surface area (Å²) < 4.78 is 5.22. The Morgan fingerprint density at radius 3 is 2.83 bits per heavy atom. The van der Waals surface area contributed by atoms with E-state index in [1.54, 1.807) is 0 Å². The molecule has 2 heterocycles. The molecule has 70 valence electrons. The molecule has 0 aliphatic carbocycles. The minimum absolute atomic E-state index is 0.763. The van der Waals surface area contributed by atoms with Crippen molar-refractivity contribution in [3.63, 3.8) is 0 Å². The maximum Gasteiger partial charge on any atom is 0.0645 e. The van der Waals surface area contributed by atoms with Crippen molar-refractivity contribution >= 4 is 0 Å². The third-order valence-electron chi connectivity index (χ3n) is 3.26. The lowest BCUT2D eigenvalue weighted by atomic mass is 9.94. The van der Waals surface area contributed by atoms with Crippen LogP contribution >= 0.6 is 0 Å². The highest BCUT2D eigenvalue weighted by Crippen LogP contribution is 2.23. The second kappa shape index (κ2) is 3.75. The summed E-state index contributed by atoms with van der Waals surface area (Å²) in [6.45, 7) is 6.91. The first kappa shape index (κ1) is 8.52. The summed E-state index contributed by atoms with van der Waals surface area (Å²) in [6, 6.07) is 0.763. The van der Waals surface area contributed by atoms with Crippen LogP contribution in [0, 0.1) is 5.92 Å². The van der Waals surface area contributed by atoms with E-state index >= 15 is 0 Å². The number of hydrogen-bond acceptors (Lipinski definition) is 2. The number of ether oxygens (including phenoxy) is 1. The normalized spacial score (nSPS) is 33.2. The predicted molar refractivity (Wildman–Crippen MR) is 49.2 cm³/mol. The fraction of sp³-hybridized carbons (Fsp3) is 1.00. The van der Waals surface area contributed by atoms with Crippen LogP contribution in [0.5, 0.6) is 0 Å². The van der Waals surface area contributed by atoms with Crippen LogP contribution in [-0.4, -0.2) is 37.2 Å². The lowest BCUT2D eigenvalue weighted by Crippen LogP contribution is -2.52. The Balaban J connectivity index is 1.81. The maximum absolute atomic E-state index is 5.22. The van der Waals surface area contributed by atoms with E-state index in [4.69, 9.17) is 4.74 Å². The van der Waals surface area contributed by atoms with Crippen LogP contribution in [0.25, 0.3) is 0 Å². The smallest absolute Gasteiger partial charge is 0.0645 e. The van der Waals surface area contributed by atoms with Crippen molar-refractivity contribution in [1.29, 1.82) is 0 Å². The van der Waals surface area contributed by atoms with Crippen LogP contribution in [0.1, 0.15) is 26.2 Å². The molecule has 2 heteroatoms. The van der Waals surface area contributed by atoms with E-state index in [1.165, 1.54) is 32.4 Å². The van der Waals surface area contributed by atoms with E-state index < -0.39 is 0 Å². The summed E-state index contributed by atoms with van der Waals surface area (Å²) in [7, 11) is 0. The first-order valence-electron chi connectivity index (χ1n) is 5.22. The lowest BCUT2D eigenvalue weighted by Gasteiger charge is -2.41. The minimum Gasteiger partial charge on any atom is -0.378 e. The summed E-state index contributed by atoms with van der Waals surface area (Å²) >= 11 is 0. The van der Waals surface area contributed by atoms with Gasteiger partial charge in [0.05, 0.1) is 19.3 Å². The summed E-state index contributed by atoms with van der Waals surface area (Å²) in [5, 5.41) is 0. The van der Waals surface area contributed by atoms with Crippen molar-refractivity contribution < 1.29 is 4.74 Å². The highest BCUT2D eigenvalue weighted by atomic mass is 16.5. The zero-order valence-electron chi connectivity index (χ0n) is 7.96. The van der Waals surface area contributed by atoms with E-state index in [9.17, 15) is 0 Å². The average Bonchev–Trinajstić information content (AvgIpc) is 2.02. The van der Waals surface area contributed by atoms with Crippen molar-refractivity contribution in [2.24, 2.45) is 5.92 Å². The first-order chi connectivity index (χ1) is 5.90. The first-order valence-corrected chi connectivity index (χ1v) is 5.22. The van der Waals surface area contributed by atoms with Crippen molar-refractivity contribution in [3.8, 4) is 0 Å². The molecule has 1 atom stereocenters.